The maximum Gasteiger partial charge on any atom is 0.227 e. The minimum absolute atomic E-state index is 0.0454. The number of nitriles is 1. The molecule has 1 amide bonds. The normalized spacial score (nSPS) is 18.2. The molecule has 1 saturated heterocycles. The summed E-state index contributed by atoms with van der Waals surface area (Å²) in [5.41, 5.74) is 1.04. The number of pyridine rings is 1. The fourth-order valence-corrected chi connectivity index (χ4v) is 2.57. The third-order valence-corrected chi connectivity index (χ3v) is 3.54. The molecule has 1 aliphatic rings. The predicted molar refractivity (Wildman–Crippen MR) is 73.0 cm³/mol. The van der Waals surface area contributed by atoms with E-state index in [1.807, 2.05) is 12.1 Å². The molecule has 1 aromatic carbocycles. The van der Waals surface area contributed by atoms with Gasteiger partial charge in [-0.15, -0.1) is 0 Å². The van der Waals surface area contributed by atoms with E-state index in [4.69, 9.17) is 5.26 Å². The van der Waals surface area contributed by atoms with Crippen LogP contribution in [0.1, 0.15) is 18.5 Å². The summed E-state index contributed by atoms with van der Waals surface area (Å²) in [6.45, 7) is 0. The van der Waals surface area contributed by atoms with Crippen LogP contribution in [0.2, 0.25) is 0 Å². The van der Waals surface area contributed by atoms with Gasteiger partial charge in [0.2, 0.25) is 5.91 Å². The van der Waals surface area contributed by atoms with Crippen molar-refractivity contribution in [2.24, 2.45) is 0 Å². The molecule has 5 heteroatoms. The second-order valence-corrected chi connectivity index (χ2v) is 4.68. The second-order valence-electron chi connectivity index (χ2n) is 4.68. The summed E-state index contributed by atoms with van der Waals surface area (Å²) in [6, 6.07) is 8.78. The van der Waals surface area contributed by atoms with E-state index in [0.717, 1.165) is 17.1 Å². The van der Waals surface area contributed by atoms with Crippen molar-refractivity contribution in [2.45, 2.75) is 18.9 Å². The van der Waals surface area contributed by atoms with Crippen molar-refractivity contribution >= 4 is 28.7 Å². The van der Waals surface area contributed by atoms with Crippen LogP contribution in [0.15, 0.2) is 30.5 Å². The highest BCUT2D eigenvalue weighted by molar-refractivity contribution is 6.02. The molecule has 1 unspecified atom stereocenters. The van der Waals surface area contributed by atoms with Gasteiger partial charge in [-0.25, -0.2) is 4.98 Å². The second kappa shape index (κ2) is 4.74. The van der Waals surface area contributed by atoms with Crippen molar-refractivity contribution in [2.75, 3.05) is 4.90 Å². The molecule has 0 saturated carbocycles. The van der Waals surface area contributed by atoms with E-state index < -0.39 is 6.04 Å². The van der Waals surface area contributed by atoms with Crippen molar-refractivity contribution in [1.82, 2.24) is 4.98 Å². The van der Waals surface area contributed by atoms with E-state index in [9.17, 15) is 9.59 Å². The zero-order chi connectivity index (χ0) is 14.1. The number of hydrogen-bond acceptors (Lipinski definition) is 4. The van der Waals surface area contributed by atoms with E-state index in [0.29, 0.717) is 24.2 Å². The highest BCUT2D eigenvalue weighted by atomic mass is 16.2. The Labute approximate surface area is 115 Å². The predicted octanol–water partition coefficient (Wildman–Crippen LogP) is 1.80. The average molecular weight is 265 g/mol. The highest BCUT2D eigenvalue weighted by Crippen LogP contribution is 2.29. The summed E-state index contributed by atoms with van der Waals surface area (Å²) in [5, 5.41) is 10.6. The molecule has 0 radical (unpaired) electrons. The molecular weight excluding hydrogens is 254 g/mol. The molecule has 2 heterocycles. The Morgan fingerprint density at radius 3 is 3.00 bits per heavy atom. The van der Waals surface area contributed by atoms with Gasteiger partial charge >= 0.3 is 0 Å². The Morgan fingerprint density at radius 1 is 1.40 bits per heavy atom. The van der Waals surface area contributed by atoms with Crippen molar-refractivity contribution in [3.63, 3.8) is 0 Å². The monoisotopic (exact) mass is 265 g/mol. The Kier molecular flexibility index (Phi) is 2.92. The average Bonchev–Trinajstić information content (AvgIpc) is 2.86. The molecule has 1 fully saturated rings. The van der Waals surface area contributed by atoms with Gasteiger partial charge in [0.1, 0.15) is 18.0 Å². The lowest BCUT2D eigenvalue weighted by molar-refractivity contribution is -0.118. The quantitative estimate of drug-likeness (QED) is 0.776. The number of rotatable bonds is 2. The van der Waals surface area contributed by atoms with Crippen molar-refractivity contribution in [1.29, 1.82) is 5.26 Å². The number of aromatic nitrogens is 1. The van der Waals surface area contributed by atoms with Crippen molar-refractivity contribution in [3.8, 4) is 6.07 Å². The Balaban J connectivity index is 2.12. The SMILES string of the molecule is N#Cc1nccc2cc(N3C(=O)CCC3C=O)ccc12. The number of nitrogens with zero attached hydrogens (tertiary/aromatic N) is 3. The molecule has 1 aromatic heterocycles. The van der Waals surface area contributed by atoms with E-state index >= 15 is 0 Å². The number of aldehydes is 1. The van der Waals surface area contributed by atoms with Crippen LogP contribution in [0.25, 0.3) is 10.8 Å². The van der Waals surface area contributed by atoms with E-state index in [-0.39, 0.29) is 5.91 Å². The Bertz CT molecular complexity index is 748. The standard InChI is InChI=1S/C15H11N3O2/c16-8-14-13-3-1-11(7-10(13)5-6-17-14)18-12(9-19)2-4-15(18)20/h1,3,5-7,9,12H,2,4H2. The van der Waals surface area contributed by atoms with Gasteiger partial charge in [-0.05, 0) is 36.1 Å². The van der Waals surface area contributed by atoms with Crippen molar-refractivity contribution in [3.05, 3.63) is 36.2 Å². The zero-order valence-corrected chi connectivity index (χ0v) is 10.6. The first kappa shape index (κ1) is 12.3. The lowest BCUT2D eigenvalue weighted by atomic mass is 10.1. The maximum atomic E-state index is 11.9. The lowest BCUT2D eigenvalue weighted by Gasteiger charge is -2.21. The van der Waals surface area contributed by atoms with Gasteiger partial charge in [0.25, 0.3) is 0 Å². The summed E-state index contributed by atoms with van der Waals surface area (Å²) in [7, 11) is 0. The third-order valence-electron chi connectivity index (χ3n) is 3.54. The van der Waals surface area contributed by atoms with Crippen LogP contribution in [0.3, 0.4) is 0 Å². The lowest BCUT2D eigenvalue weighted by Crippen LogP contribution is -2.33. The Morgan fingerprint density at radius 2 is 2.25 bits per heavy atom. The largest absolute Gasteiger partial charge is 0.302 e. The van der Waals surface area contributed by atoms with Gasteiger partial charge in [-0.2, -0.15) is 5.26 Å². The molecule has 1 atom stereocenters. The van der Waals surface area contributed by atoms with Crippen LogP contribution in [0.4, 0.5) is 5.69 Å². The summed E-state index contributed by atoms with van der Waals surface area (Å²) >= 11 is 0. The van der Waals surface area contributed by atoms with Crippen molar-refractivity contribution < 1.29 is 9.59 Å². The number of anilines is 1. The first-order valence-electron chi connectivity index (χ1n) is 6.31. The third kappa shape index (κ3) is 1.82. The molecular formula is C15H11N3O2. The molecule has 2 aromatic rings. The molecule has 20 heavy (non-hydrogen) atoms. The number of carbonyl (C=O) groups excluding carboxylic acids is 2. The van der Waals surface area contributed by atoms with E-state index in [1.165, 1.54) is 4.90 Å². The van der Waals surface area contributed by atoms with Crippen LogP contribution in [0, 0.1) is 11.3 Å². The van der Waals surface area contributed by atoms with Crippen LogP contribution in [-0.2, 0) is 9.59 Å². The number of hydrogen-bond donors (Lipinski definition) is 0. The fourth-order valence-electron chi connectivity index (χ4n) is 2.57. The zero-order valence-electron chi connectivity index (χ0n) is 10.6. The van der Waals surface area contributed by atoms with Crippen LogP contribution < -0.4 is 4.90 Å². The van der Waals surface area contributed by atoms with E-state index in [1.54, 1.807) is 24.4 Å². The molecule has 1 aliphatic heterocycles. The minimum atomic E-state index is -0.391. The van der Waals surface area contributed by atoms with Gasteiger partial charge in [0.15, 0.2) is 0 Å². The molecule has 0 spiro atoms. The molecule has 3 rings (SSSR count). The van der Waals surface area contributed by atoms with Crippen LogP contribution in [0.5, 0.6) is 0 Å². The first-order valence-corrected chi connectivity index (χ1v) is 6.31. The smallest absolute Gasteiger partial charge is 0.227 e. The topological polar surface area (TPSA) is 74.1 Å². The van der Waals surface area contributed by atoms with Gasteiger partial charge in [-0.3, -0.25) is 4.79 Å². The van der Waals surface area contributed by atoms with Gasteiger partial charge in [0.05, 0.1) is 6.04 Å². The van der Waals surface area contributed by atoms with Gasteiger partial charge < -0.3 is 9.69 Å². The fraction of sp³-hybridized carbons (Fsp3) is 0.200. The number of amides is 1. The maximum absolute atomic E-state index is 11.9. The van der Waals surface area contributed by atoms with E-state index in [2.05, 4.69) is 4.98 Å². The van der Waals surface area contributed by atoms with Gasteiger partial charge in [0, 0.05) is 23.7 Å². The van der Waals surface area contributed by atoms with Crippen LogP contribution >= 0.6 is 0 Å². The summed E-state index contributed by atoms with van der Waals surface area (Å²) < 4.78 is 0. The molecule has 0 bridgehead atoms. The summed E-state index contributed by atoms with van der Waals surface area (Å²) in [5.74, 6) is -0.0454. The summed E-state index contributed by atoms with van der Waals surface area (Å²) in [6.07, 6.45) is 3.32. The first-order chi connectivity index (χ1) is 9.74. The highest BCUT2D eigenvalue weighted by Gasteiger charge is 2.31. The number of benzene rings is 1. The number of fused-ring (bicyclic) bond motifs is 1. The molecule has 98 valence electrons. The molecule has 0 aliphatic carbocycles. The van der Waals surface area contributed by atoms with Gasteiger partial charge in [-0.1, -0.05) is 0 Å². The summed E-state index contributed by atoms with van der Waals surface area (Å²) in [4.78, 5) is 28.5. The minimum Gasteiger partial charge on any atom is -0.302 e. The molecule has 5 nitrogen and oxygen atoms in total. The Hall–Kier alpha value is -2.74. The number of carbonyl (C=O) groups is 2. The molecule has 0 N–H and O–H groups in total. The van der Waals surface area contributed by atoms with Crippen LogP contribution in [-0.4, -0.2) is 23.2 Å².